The summed E-state index contributed by atoms with van der Waals surface area (Å²) in [6.07, 6.45) is 1.74. The number of aromatic nitrogens is 1. The van der Waals surface area contributed by atoms with Crippen molar-refractivity contribution in [3.63, 3.8) is 0 Å². The molecule has 1 aromatic rings. The third-order valence-corrected chi connectivity index (χ3v) is 4.80. The van der Waals surface area contributed by atoms with Crippen LogP contribution in [0, 0.1) is 6.92 Å². The highest BCUT2D eigenvalue weighted by molar-refractivity contribution is 9.10. The van der Waals surface area contributed by atoms with Gasteiger partial charge in [-0.2, -0.15) is 0 Å². The van der Waals surface area contributed by atoms with E-state index >= 15 is 0 Å². The van der Waals surface area contributed by atoms with Crippen LogP contribution in [0.25, 0.3) is 0 Å². The Kier molecular flexibility index (Phi) is 4.89. The topological polar surface area (TPSA) is 47.0 Å². The van der Waals surface area contributed by atoms with Crippen LogP contribution in [-0.2, 0) is 9.05 Å². The van der Waals surface area contributed by atoms with Crippen molar-refractivity contribution >= 4 is 47.4 Å². The first-order chi connectivity index (χ1) is 6.88. The van der Waals surface area contributed by atoms with Crippen molar-refractivity contribution in [3.05, 3.63) is 22.3 Å². The molecule has 1 rings (SSSR count). The summed E-state index contributed by atoms with van der Waals surface area (Å²) in [4.78, 5) is 4.18. The Balaban J connectivity index is 2.59. The number of rotatable bonds is 4. The van der Waals surface area contributed by atoms with E-state index in [2.05, 4.69) is 20.9 Å². The van der Waals surface area contributed by atoms with Crippen LogP contribution in [0.4, 0.5) is 0 Å². The van der Waals surface area contributed by atoms with Gasteiger partial charge in [0, 0.05) is 22.6 Å². The zero-order chi connectivity index (χ0) is 11.5. The Bertz CT molecular complexity index is 450. The molecule has 7 heteroatoms. The molecule has 1 heterocycles. The molecule has 0 saturated carbocycles. The van der Waals surface area contributed by atoms with E-state index in [1.54, 1.807) is 6.20 Å². The summed E-state index contributed by atoms with van der Waals surface area (Å²) in [5.74, 6) is 0.349. The lowest BCUT2D eigenvalue weighted by Gasteiger charge is -2.02. The molecular weight excluding hydrogens is 322 g/mol. The van der Waals surface area contributed by atoms with Crippen molar-refractivity contribution in [1.82, 2.24) is 4.98 Å². The summed E-state index contributed by atoms with van der Waals surface area (Å²) in [7, 11) is 1.68. The minimum absolute atomic E-state index is 0.0543. The summed E-state index contributed by atoms with van der Waals surface area (Å²) < 4.78 is 22.2. The van der Waals surface area contributed by atoms with E-state index in [1.165, 1.54) is 11.8 Å². The van der Waals surface area contributed by atoms with Gasteiger partial charge in [-0.15, -0.1) is 11.8 Å². The molecule has 1 aromatic heterocycles. The quantitative estimate of drug-likeness (QED) is 0.629. The van der Waals surface area contributed by atoms with E-state index in [4.69, 9.17) is 10.7 Å². The maximum atomic E-state index is 10.7. The number of pyridine rings is 1. The molecule has 0 spiro atoms. The fourth-order valence-corrected chi connectivity index (χ4v) is 3.89. The van der Waals surface area contributed by atoms with Crippen LogP contribution in [-0.4, -0.2) is 24.9 Å². The third-order valence-electron chi connectivity index (χ3n) is 1.51. The monoisotopic (exact) mass is 329 g/mol. The second kappa shape index (κ2) is 5.52. The van der Waals surface area contributed by atoms with Crippen molar-refractivity contribution in [3.8, 4) is 0 Å². The van der Waals surface area contributed by atoms with Gasteiger partial charge in [0.2, 0.25) is 9.05 Å². The van der Waals surface area contributed by atoms with Gasteiger partial charge < -0.3 is 0 Å². The zero-order valence-corrected chi connectivity index (χ0v) is 11.9. The predicted molar refractivity (Wildman–Crippen MR) is 67.0 cm³/mol. The lowest BCUT2D eigenvalue weighted by Crippen LogP contribution is -2.00. The normalized spacial score (nSPS) is 11.7. The molecule has 0 amide bonds. The molecule has 0 N–H and O–H groups in total. The van der Waals surface area contributed by atoms with Gasteiger partial charge in [-0.3, -0.25) is 0 Å². The molecular formula is C8H9BrClNO2S2. The molecule has 0 atom stereocenters. The van der Waals surface area contributed by atoms with Crippen LogP contribution in [0.15, 0.2) is 21.8 Å². The molecule has 0 fully saturated rings. The van der Waals surface area contributed by atoms with Crippen LogP contribution >= 0.6 is 38.4 Å². The first kappa shape index (κ1) is 13.3. The van der Waals surface area contributed by atoms with E-state index in [-0.39, 0.29) is 5.75 Å². The Morgan fingerprint density at radius 3 is 2.80 bits per heavy atom. The highest BCUT2D eigenvalue weighted by atomic mass is 79.9. The number of hydrogen-bond acceptors (Lipinski definition) is 4. The molecule has 15 heavy (non-hydrogen) atoms. The number of aryl methyl sites for hydroxylation is 1. The van der Waals surface area contributed by atoms with Crippen LogP contribution in [0.3, 0.4) is 0 Å². The molecule has 0 aromatic carbocycles. The minimum atomic E-state index is -3.41. The Labute approximate surface area is 106 Å². The fourth-order valence-electron chi connectivity index (χ4n) is 0.865. The number of thioether (sulfide) groups is 1. The predicted octanol–water partition coefficient (Wildman–Crippen LogP) is 2.81. The third kappa shape index (κ3) is 5.19. The van der Waals surface area contributed by atoms with Crippen LogP contribution < -0.4 is 0 Å². The number of hydrogen-bond donors (Lipinski definition) is 0. The smallest absolute Gasteiger partial charge is 0.233 e. The zero-order valence-electron chi connectivity index (χ0n) is 7.91. The van der Waals surface area contributed by atoms with E-state index in [0.29, 0.717) is 5.75 Å². The number of halogens is 2. The highest BCUT2D eigenvalue weighted by Gasteiger charge is 2.07. The standard InChI is InChI=1S/C8H9BrClNO2S2/c1-6-4-7(9)8(11-5-6)14-2-3-15(10,12)13/h4-5H,2-3H2,1H3. The largest absolute Gasteiger partial charge is 0.248 e. The van der Waals surface area contributed by atoms with E-state index in [0.717, 1.165) is 15.1 Å². The first-order valence-corrected chi connectivity index (χ1v) is 8.31. The average molecular weight is 331 g/mol. The summed E-state index contributed by atoms with van der Waals surface area (Å²) in [5, 5.41) is 0.779. The number of nitrogens with zero attached hydrogens (tertiary/aromatic N) is 1. The maximum Gasteiger partial charge on any atom is 0.233 e. The van der Waals surface area contributed by atoms with Gasteiger partial charge in [0.25, 0.3) is 0 Å². The van der Waals surface area contributed by atoms with E-state index in [9.17, 15) is 8.42 Å². The second-order valence-electron chi connectivity index (χ2n) is 2.89. The van der Waals surface area contributed by atoms with Gasteiger partial charge in [-0.1, -0.05) is 0 Å². The summed E-state index contributed by atoms with van der Waals surface area (Å²) >= 11 is 4.72. The molecule has 0 unspecified atom stereocenters. The minimum Gasteiger partial charge on any atom is -0.248 e. The Hall–Kier alpha value is 0.220. The van der Waals surface area contributed by atoms with Crippen LogP contribution in [0.1, 0.15) is 5.56 Å². The molecule has 0 aliphatic rings. The average Bonchev–Trinajstić information content (AvgIpc) is 2.07. The Morgan fingerprint density at radius 1 is 1.60 bits per heavy atom. The van der Waals surface area contributed by atoms with Crippen LogP contribution in [0.2, 0.25) is 0 Å². The lowest BCUT2D eigenvalue weighted by atomic mass is 10.3. The SMILES string of the molecule is Cc1cnc(SCCS(=O)(=O)Cl)c(Br)c1. The van der Waals surface area contributed by atoms with Crippen molar-refractivity contribution in [2.24, 2.45) is 0 Å². The first-order valence-electron chi connectivity index (χ1n) is 4.06. The van der Waals surface area contributed by atoms with Crippen molar-refractivity contribution in [2.75, 3.05) is 11.5 Å². The molecule has 0 bridgehead atoms. The molecule has 0 aliphatic carbocycles. The Morgan fingerprint density at radius 2 is 2.27 bits per heavy atom. The van der Waals surface area contributed by atoms with E-state index < -0.39 is 9.05 Å². The van der Waals surface area contributed by atoms with Gasteiger partial charge in [-0.25, -0.2) is 13.4 Å². The summed E-state index contributed by atoms with van der Waals surface area (Å²) in [6.45, 7) is 1.94. The molecule has 3 nitrogen and oxygen atoms in total. The fraction of sp³-hybridized carbons (Fsp3) is 0.375. The van der Waals surface area contributed by atoms with Crippen molar-refractivity contribution < 1.29 is 8.42 Å². The van der Waals surface area contributed by atoms with Crippen LogP contribution in [0.5, 0.6) is 0 Å². The molecule has 0 saturated heterocycles. The molecule has 84 valence electrons. The van der Waals surface area contributed by atoms with Gasteiger partial charge in [0.15, 0.2) is 0 Å². The molecule has 0 radical (unpaired) electrons. The molecule has 0 aliphatic heterocycles. The second-order valence-corrected chi connectivity index (χ2v) is 7.73. The van der Waals surface area contributed by atoms with Gasteiger partial charge in [-0.05, 0) is 34.5 Å². The van der Waals surface area contributed by atoms with Gasteiger partial charge in [0.05, 0.1) is 10.2 Å². The summed E-state index contributed by atoms with van der Waals surface area (Å²) in [5.41, 5.74) is 1.05. The highest BCUT2D eigenvalue weighted by Crippen LogP contribution is 2.26. The maximum absolute atomic E-state index is 10.7. The van der Waals surface area contributed by atoms with Crippen molar-refractivity contribution in [1.29, 1.82) is 0 Å². The van der Waals surface area contributed by atoms with Gasteiger partial charge >= 0.3 is 0 Å². The van der Waals surface area contributed by atoms with E-state index in [1.807, 2.05) is 13.0 Å². The summed E-state index contributed by atoms with van der Waals surface area (Å²) in [6, 6.07) is 1.94. The van der Waals surface area contributed by atoms with Crippen molar-refractivity contribution in [2.45, 2.75) is 11.9 Å². The lowest BCUT2D eigenvalue weighted by molar-refractivity contribution is 0.611. The van der Waals surface area contributed by atoms with Gasteiger partial charge in [0.1, 0.15) is 5.03 Å².